The Labute approximate surface area is 112 Å². The zero-order valence-corrected chi connectivity index (χ0v) is 10.9. The number of benzene rings is 2. The average molecular weight is 263 g/mol. The van der Waals surface area contributed by atoms with Gasteiger partial charge in [-0.3, -0.25) is 0 Å². The van der Waals surface area contributed by atoms with Crippen LogP contribution in [0.25, 0.3) is 0 Å². The van der Waals surface area contributed by atoms with Crippen molar-refractivity contribution >= 4 is 11.6 Å². The molecule has 0 aromatic heterocycles. The normalized spacial score (nSPS) is 12.3. The third-order valence-electron chi connectivity index (χ3n) is 2.97. The monoisotopic (exact) mass is 262 g/mol. The summed E-state index contributed by atoms with van der Waals surface area (Å²) < 4.78 is 13.0. The number of rotatable bonds is 5. The van der Waals surface area contributed by atoms with Crippen molar-refractivity contribution in [2.45, 2.75) is 24.6 Å². The van der Waals surface area contributed by atoms with Crippen LogP contribution in [0, 0.1) is 5.82 Å². The molecular formula is C16H16ClF. The van der Waals surface area contributed by atoms with Gasteiger partial charge in [0, 0.05) is 0 Å². The summed E-state index contributed by atoms with van der Waals surface area (Å²) in [6.45, 7) is 0. The summed E-state index contributed by atoms with van der Waals surface area (Å²) in [6.07, 6.45) is 2.74. The van der Waals surface area contributed by atoms with Crippen molar-refractivity contribution in [3.8, 4) is 0 Å². The summed E-state index contributed by atoms with van der Waals surface area (Å²) in [5.74, 6) is -0.169. The van der Waals surface area contributed by atoms with E-state index in [1.165, 1.54) is 6.07 Å². The van der Waals surface area contributed by atoms with Gasteiger partial charge in [-0.1, -0.05) is 42.5 Å². The van der Waals surface area contributed by atoms with Gasteiger partial charge in [0.05, 0.1) is 5.38 Å². The van der Waals surface area contributed by atoms with E-state index in [9.17, 15) is 4.39 Å². The molecule has 1 atom stereocenters. The molecular weight excluding hydrogens is 247 g/mol. The third kappa shape index (κ3) is 3.85. The van der Waals surface area contributed by atoms with Crippen molar-refractivity contribution in [2.75, 3.05) is 0 Å². The Morgan fingerprint density at radius 1 is 1.00 bits per heavy atom. The zero-order chi connectivity index (χ0) is 12.8. The molecule has 0 saturated carbocycles. The predicted molar refractivity (Wildman–Crippen MR) is 74.4 cm³/mol. The number of hydrogen-bond acceptors (Lipinski definition) is 0. The smallest absolute Gasteiger partial charge is 0.123 e. The van der Waals surface area contributed by atoms with Gasteiger partial charge in [-0.25, -0.2) is 4.39 Å². The van der Waals surface area contributed by atoms with Gasteiger partial charge in [-0.15, -0.1) is 11.6 Å². The summed E-state index contributed by atoms with van der Waals surface area (Å²) in [7, 11) is 0. The van der Waals surface area contributed by atoms with Crippen molar-refractivity contribution in [2.24, 2.45) is 0 Å². The van der Waals surface area contributed by atoms with Crippen LogP contribution >= 0.6 is 11.6 Å². The van der Waals surface area contributed by atoms with Gasteiger partial charge in [0.15, 0.2) is 0 Å². The van der Waals surface area contributed by atoms with Crippen LogP contribution in [0.5, 0.6) is 0 Å². The first kappa shape index (κ1) is 13.1. The maximum absolute atomic E-state index is 13.0. The van der Waals surface area contributed by atoms with Crippen LogP contribution in [-0.4, -0.2) is 0 Å². The fourth-order valence-electron chi connectivity index (χ4n) is 2.01. The molecule has 0 aliphatic heterocycles. The molecule has 0 aliphatic rings. The van der Waals surface area contributed by atoms with Gasteiger partial charge >= 0.3 is 0 Å². The molecule has 0 nitrogen and oxygen atoms in total. The van der Waals surface area contributed by atoms with Gasteiger partial charge < -0.3 is 0 Å². The fourth-order valence-corrected chi connectivity index (χ4v) is 2.31. The Kier molecular flexibility index (Phi) is 4.77. The van der Waals surface area contributed by atoms with E-state index in [1.807, 2.05) is 36.4 Å². The first-order valence-corrected chi connectivity index (χ1v) is 6.63. The molecule has 0 heterocycles. The summed E-state index contributed by atoms with van der Waals surface area (Å²) in [6, 6.07) is 16.8. The average Bonchev–Trinajstić information content (AvgIpc) is 2.40. The predicted octanol–water partition coefficient (Wildman–Crippen LogP) is 5.13. The van der Waals surface area contributed by atoms with Crippen LogP contribution in [0.2, 0.25) is 0 Å². The van der Waals surface area contributed by atoms with Crippen molar-refractivity contribution in [3.63, 3.8) is 0 Å². The molecule has 0 radical (unpaired) electrons. The minimum absolute atomic E-state index is 0.0414. The van der Waals surface area contributed by atoms with Crippen LogP contribution in [0.1, 0.15) is 29.3 Å². The Balaban J connectivity index is 1.82. The maximum Gasteiger partial charge on any atom is 0.123 e. The molecule has 0 amide bonds. The Morgan fingerprint density at radius 2 is 1.78 bits per heavy atom. The number of aryl methyl sites for hydroxylation is 1. The topological polar surface area (TPSA) is 0 Å². The summed E-state index contributed by atoms with van der Waals surface area (Å²) in [5.41, 5.74) is 2.19. The van der Waals surface area contributed by atoms with E-state index in [0.29, 0.717) is 0 Å². The second kappa shape index (κ2) is 6.55. The van der Waals surface area contributed by atoms with Crippen molar-refractivity contribution in [1.82, 2.24) is 0 Å². The summed E-state index contributed by atoms with van der Waals surface area (Å²) in [5, 5.41) is 0.0414. The lowest BCUT2D eigenvalue weighted by Gasteiger charge is -2.09. The lowest BCUT2D eigenvalue weighted by molar-refractivity contribution is 0.623. The Morgan fingerprint density at radius 3 is 2.50 bits per heavy atom. The third-order valence-corrected chi connectivity index (χ3v) is 3.44. The molecule has 0 saturated heterocycles. The van der Waals surface area contributed by atoms with Crippen LogP contribution in [0.4, 0.5) is 4.39 Å². The maximum atomic E-state index is 13.0. The quantitative estimate of drug-likeness (QED) is 0.656. The van der Waals surface area contributed by atoms with Gasteiger partial charge in [-0.2, -0.15) is 0 Å². The van der Waals surface area contributed by atoms with Crippen LogP contribution in [0.15, 0.2) is 54.6 Å². The lowest BCUT2D eigenvalue weighted by Crippen LogP contribution is -1.93. The van der Waals surface area contributed by atoms with Crippen LogP contribution in [0.3, 0.4) is 0 Å². The molecule has 0 aliphatic carbocycles. The molecule has 2 aromatic rings. The Hall–Kier alpha value is -1.34. The van der Waals surface area contributed by atoms with E-state index >= 15 is 0 Å². The highest BCUT2D eigenvalue weighted by atomic mass is 35.5. The van der Waals surface area contributed by atoms with Gasteiger partial charge in [0.25, 0.3) is 0 Å². The molecule has 2 aromatic carbocycles. The molecule has 0 spiro atoms. The van der Waals surface area contributed by atoms with E-state index in [0.717, 1.165) is 30.4 Å². The van der Waals surface area contributed by atoms with Gasteiger partial charge in [0.1, 0.15) is 5.82 Å². The molecule has 2 rings (SSSR count). The number of hydrogen-bond donors (Lipinski definition) is 0. The van der Waals surface area contributed by atoms with E-state index in [2.05, 4.69) is 0 Å². The largest absolute Gasteiger partial charge is 0.207 e. The Bertz CT molecular complexity index is 481. The summed E-state index contributed by atoms with van der Waals surface area (Å²) in [4.78, 5) is 0. The van der Waals surface area contributed by atoms with E-state index in [1.54, 1.807) is 12.1 Å². The van der Waals surface area contributed by atoms with Crippen molar-refractivity contribution in [3.05, 3.63) is 71.5 Å². The van der Waals surface area contributed by atoms with Crippen LogP contribution in [-0.2, 0) is 6.42 Å². The minimum atomic E-state index is -0.169. The highest BCUT2D eigenvalue weighted by molar-refractivity contribution is 6.20. The van der Waals surface area contributed by atoms with Crippen molar-refractivity contribution in [1.29, 1.82) is 0 Å². The molecule has 2 heteroatoms. The van der Waals surface area contributed by atoms with E-state index < -0.39 is 0 Å². The number of alkyl halides is 1. The van der Waals surface area contributed by atoms with Gasteiger partial charge in [0.2, 0.25) is 0 Å². The molecule has 18 heavy (non-hydrogen) atoms. The second-order valence-electron chi connectivity index (χ2n) is 4.40. The zero-order valence-electron chi connectivity index (χ0n) is 10.2. The lowest BCUT2D eigenvalue weighted by atomic mass is 10.0. The van der Waals surface area contributed by atoms with E-state index in [-0.39, 0.29) is 11.2 Å². The van der Waals surface area contributed by atoms with E-state index in [4.69, 9.17) is 11.6 Å². The molecule has 0 fully saturated rings. The SMILES string of the molecule is Fc1cccc(CCCC(Cl)c2ccccc2)c1. The molecule has 1 unspecified atom stereocenters. The molecule has 94 valence electrons. The second-order valence-corrected chi connectivity index (χ2v) is 4.93. The summed E-state index contributed by atoms with van der Waals surface area (Å²) >= 11 is 6.33. The molecule has 0 N–H and O–H groups in total. The van der Waals surface area contributed by atoms with Crippen molar-refractivity contribution < 1.29 is 4.39 Å². The highest BCUT2D eigenvalue weighted by Gasteiger charge is 2.06. The number of halogens is 2. The fraction of sp³-hybridized carbons (Fsp3) is 0.250. The molecule has 0 bridgehead atoms. The minimum Gasteiger partial charge on any atom is -0.207 e. The first-order valence-electron chi connectivity index (χ1n) is 6.19. The van der Waals surface area contributed by atoms with Crippen LogP contribution < -0.4 is 0 Å². The first-order chi connectivity index (χ1) is 8.75. The van der Waals surface area contributed by atoms with Gasteiger partial charge in [-0.05, 0) is 42.5 Å². The highest BCUT2D eigenvalue weighted by Crippen LogP contribution is 2.25. The standard InChI is InChI=1S/C16H16ClF/c17-16(14-8-2-1-3-9-14)11-5-7-13-6-4-10-15(18)12-13/h1-4,6,8-10,12,16H,5,7,11H2.